The number of benzene rings is 1. The lowest BCUT2D eigenvalue weighted by Gasteiger charge is -2.14. The fraction of sp³-hybridized carbons (Fsp3) is 0.333. The molecule has 0 bridgehead atoms. The molecule has 1 N–H and O–H groups in total. The fourth-order valence-corrected chi connectivity index (χ4v) is 2.90. The molecule has 1 aliphatic rings. The maximum atomic E-state index is 11.9. The first-order valence-corrected chi connectivity index (χ1v) is 8.54. The number of nitrogens with one attached hydrogen (secondary N) is 1. The largest absolute Gasteiger partial charge is 0.463 e. The Labute approximate surface area is 134 Å². The zero-order valence-electron chi connectivity index (χ0n) is 12.5. The highest BCUT2D eigenvalue weighted by Gasteiger charge is 2.32. The van der Waals surface area contributed by atoms with Gasteiger partial charge in [-0.25, -0.2) is 13.2 Å². The number of hydrogen-bond acceptors (Lipinski definition) is 6. The summed E-state index contributed by atoms with van der Waals surface area (Å²) in [4.78, 5) is 23.0. The van der Waals surface area contributed by atoms with Crippen LogP contribution in [0, 0.1) is 0 Å². The van der Waals surface area contributed by atoms with E-state index in [0.29, 0.717) is 5.56 Å². The van der Waals surface area contributed by atoms with Crippen LogP contribution in [-0.4, -0.2) is 39.1 Å². The van der Waals surface area contributed by atoms with Crippen molar-refractivity contribution >= 4 is 28.0 Å². The molecule has 0 amide bonds. The van der Waals surface area contributed by atoms with Crippen LogP contribution in [0.4, 0.5) is 0 Å². The number of hydrogen-bond donors (Lipinski definition) is 1. The van der Waals surface area contributed by atoms with Gasteiger partial charge < -0.3 is 9.47 Å². The maximum absolute atomic E-state index is 11.9. The Kier molecular flexibility index (Phi) is 5.51. The normalized spacial score (nSPS) is 19.5. The molecule has 23 heavy (non-hydrogen) atoms. The van der Waals surface area contributed by atoms with Crippen molar-refractivity contribution in [3.63, 3.8) is 0 Å². The van der Waals surface area contributed by atoms with Crippen LogP contribution in [0.25, 0.3) is 6.08 Å². The molecule has 1 aliphatic heterocycles. The Morgan fingerprint density at radius 3 is 2.70 bits per heavy atom. The van der Waals surface area contributed by atoms with Crippen LogP contribution in [0.2, 0.25) is 0 Å². The Morgan fingerprint density at radius 1 is 1.39 bits per heavy atom. The third kappa shape index (κ3) is 5.19. The molecule has 1 heterocycles. The van der Waals surface area contributed by atoms with Crippen molar-refractivity contribution in [3.05, 3.63) is 41.3 Å². The number of cyclic esters (lactones) is 1. The standard InChI is InChI=1S/C15H17NO6S/c1-11(14(17)22-13-7-9-21-15(13)18)16-23(19,20)10-8-12-5-3-2-4-6-12/h2-6,8,10-11,13,16H,7,9H2,1H3/b10-8+/t11-,13+/m0/s1. The number of carbonyl (C=O) groups excluding carboxylic acids is 2. The first-order chi connectivity index (χ1) is 10.9. The smallest absolute Gasteiger partial charge is 0.347 e. The van der Waals surface area contributed by atoms with E-state index >= 15 is 0 Å². The summed E-state index contributed by atoms with van der Waals surface area (Å²) in [5.41, 5.74) is 0.710. The average Bonchev–Trinajstić information content (AvgIpc) is 2.91. The summed E-state index contributed by atoms with van der Waals surface area (Å²) in [6.45, 7) is 1.53. The molecule has 1 aromatic carbocycles. The molecule has 1 fully saturated rings. The second-order valence-electron chi connectivity index (χ2n) is 4.98. The minimum atomic E-state index is -3.82. The number of ether oxygens (including phenoxy) is 2. The van der Waals surface area contributed by atoms with Gasteiger partial charge in [-0.05, 0) is 18.6 Å². The van der Waals surface area contributed by atoms with E-state index in [4.69, 9.17) is 4.74 Å². The lowest BCUT2D eigenvalue weighted by atomic mass is 10.2. The van der Waals surface area contributed by atoms with Gasteiger partial charge in [0.2, 0.25) is 16.1 Å². The Morgan fingerprint density at radius 2 is 2.09 bits per heavy atom. The summed E-state index contributed by atoms with van der Waals surface area (Å²) in [5.74, 6) is -1.44. The second-order valence-corrected chi connectivity index (χ2v) is 6.58. The van der Waals surface area contributed by atoms with Gasteiger partial charge in [-0.1, -0.05) is 30.3 Å². The van der Waals surface area contributed by atoms with Crippen LogP contribution in [0.5, 0.6) is 0 Å². The minimum Gasteiger partial charge on any atom is -0.463 e. The van der Waals surface area contributed by atoms with E-state index < -0.39 is 34.1 Å². The molecule has 2 rings (SSSR count). The van der Waals surface area contributed by atoms with Gasteiger partial charge in [-0.2, -0.15) is 4.72 Å². The van der Waals surface area contributed by atoms with E-state index in [1.807, 2.05) is 6.07 Å². The van der Waals surface area contributed by atoms with Gasteiger partial charge in [-0.3, -0.25) is 4.79 Å². The van der Waals surface area contributed by atoms with E-state index in [9.17, 15) is 18.0 Å². The molecule has 1 saturated heterocycles. The van der Waals surface area contributed by atoms with Crippen molar-refractivity contribution < 1.29 is 27.5 Å². The van der Waals surface area contributed by atoms with Crippen LogP contribution < -0.4 is 4.72 Å². The average molecular weight is 339 g/mol. The van der Waals surface area contributed by atoms with Crippen LogP contribution in [0.1, 0.15) is 18.9 Å². The van der Waals surface area contributed by atoms with Gasteiger partial charge in [0.1, 0.15) is 6.04 Å². The lowest BCUT2D eigenvalue weighted by Crippen LogP contribution is -2.40. The Bertz CT molecular complexity index is 698. The topological polar surface area (TPSA) is 98.8 Å². The number of carbonyl (C=O) groups is 2. The van der Waals surface area contributed by atoms with Gasteiger partial charge in [0.25, 0.3) is 0 Å². The van der Waals surface area contributed by atoms with Gasteiger partial charge >= 0.3 is 11.9 Å². The monoisotopic (exact) mass is 339 g/mol. The Balaban J connectivity index is 1.92. The third-order valence-corrected chi connectivity index (χ3v) is 4.26. The maximum Gasteiger partial charge on any atom is 0.347 e. The summed E-state index contributed by atoms with van der Waals surface area (Å²) in [6.07, 6.45) is 0.724. The third-order valence-electron chi connectivity index (χ3n) is 3.08. The molecule has 0 unspecified atom stereocenters. The SMILES string of the molecule is C[C@H](NS(=O)(=O)/C=C/c1ccccc1)C(=O)O[C@@H]1CCOC1=O. The molecule has 124 valence electrons. The summed E-state index contributed by atoms with van der Waals surface area (Å²) in [7, 11) is -3.82. The molecular weight excluding hydrogens is 322 g/mol. The van der Waals surface area contributed by atoms with Gasteiger partial charge in [0, 0.05) is 11.8 Å². The molecule has 0 saturated carbocycles. The molecule has 7 nitrogen and oxygen atoms in total. The quantitative estimate of drug-likeness (QED) is 0.771. The van der Waals surface area contributed by atoms with Crippen LogP contribution in [-0.2, 0) is 29.1 Å². The molecule has 0 aliphatic carbocycles. The van der Waals surface area contributed by atoms with Gasteiger partial charge in [0.15, 0.2) is 0 Å². The summed E-state index contributed by atoms with van der Waals surface area (Å²) in [5, 5.41) is 0.968. The number of esters is 2. The van der Waals surface area contributed by atoms with Crippen molar-refractivity contribution in [1.29, 1.82) is 0 Å². The fourth-order valence-electron chi connectivity index (χ4n) is 1.89. The van der Waals surface area contributed by atoms with Crippen molar-refractivity contribution in [2.45, 2.75) is 25.5 Å². The van der Waals surface area contributed by atoms with E-state index in [1.54, 1.807) is 24.3 Å². The predicted molar refractivity (Wildman–Crippen MR) is 82.4 cm³/mol. The minimum absolute atomic E-state index is 0.191. The highest BCUT2D eigenvalue weighted by Crippen LogP contribution is 2.11. The van der Waals surface area contributed by atoms with Crippen LogP contribution in [0.15, 0.2) is 35.7 Å². The molecular formula is C15H17NO6S. The zero-order valence-corrected chi connectivity index (χ0v) is 13.3. The highest BCUT2D eigenvalue weighted by atomic mass is 32.2. The van der Waals surface area contributed by atoms with E-state index in [-0.39, 0.29) is 13.0 Å². The molecule has 0 spiro atoms. The number of rotatable bonds is 6. The summed E-state index contributed by atoms with van der Waals surface area (Å²) in [6, 6.07) is 7.75. The molecule has 8 heteroatoms. The van der Waals surface area contributed by atoms with E-state index in [0.717, 1.165) is 5.41 Å². The first-order valence-electron chi connectivity index (χ1n) is 7.00. The summed E-state index contributed by atoms with van der Waals surface area (Å²) < 4.78 is 35.6. The van der Waals surface area contributed by atoms with Crippen molar-refractivity contribution in [3.8, 4) is 0 Å². The molecule has 2 atom stereocenters. The van der Waals surface area contributed by atoms with Crippen molar-refractivity contribution in [2.75, 3.05) is 6.61 Å². The van der Waals surface area contributed by atoms with Crippen LogP contribution >= 0.6 is 0 Å². The van der Waals surface area contributed by atoms with Crippen molar-refractivity contribution in [1.82, 2.24) is 4.72 Å². The zero-order chi connectivity index (χ0) is 16.9. The van der Waals surface area contributed by atoms with Crippen molar-refractivity contribution in [2.24, 2.45) is 0 Å². The van der Waals surface area contributed by atoms with E-state index in [1.165, 1.54) is 13.0 Å². The molecule has 0 aromatic heterocycles. The van der Waals surface area contributed by atoms with Crippen LogP contribution in [0.3, 0.4) is 0 Å². The molecule has 1 aromatic rings. The van der Waals surface area contributed by atoms with Gasteiger partial charge in [0.05, 0.1) is 6.61 Å². The highest BCUT2D eigenvalue weighted by molar-refractivity contribution is 7.92. The van der Waals surface area contributed by atoms with E-state index in [2.05, 4.69) is 9.46 Å². The summed E-state index contributed by atoms with van der Waals surface area (Å²) >= 11 is 0. The lowest BCUT2D eigenvalue weighted by molar-refractivity contribution is -0.161. The predicted octanol–water partition coefficient (Wildman–Crippen LogP) is 0.824. The van der Waals surface area contributed by atoms with Gasteiger partial charge in [-0.15, -0.1) is 0 Å². The first kappa shape index (κ1) is 17.2. The number of sulfonamides is 1. The second kappa shape index (κ2) is 7.38. The Hall–Kier alpha value is -2.19. The molecule has 0 radical (unpaired) electrons.